The first kappa shape index (κ1) is 10.9. The van der Waals surface area contributed by atoms with Gasteiger partial charge in [-0.2, -0.15) is 0 Å². The average molecular weight is 221 g/mol. The fraction of sp³-hybridized carbons (Fsp3) is 0.222. The smallest absolute Gasteiger partial charge is 0.307 e. The molecule has 5 heteroatoms. The summed E-state index contributed by atoms with van der Waals surface area (Å²) in [6.07, 6.45) is -0.548. The molecule has 0 heterocycles. The molecule has 1 rings (SSSR count). The molecule has 0 saturated carbocycles. The molecule has 0 aliphatic heterocycles. The van der Waals surface area contributed by atoms with Gasteiger partial charge in [-0.25, -0.2) is 8.78 Å². The molecule has 0 bridgehead atoms. The molecule has 1 N–H and O–H groups in total. The zero-order chi connectivity index (χ0) is 10.7. The van der Waals surface area contributed by atoms with Crippen LogP contribution in [-0.4, -0.2) is 11.1 Å². The van der Waals surface area contributed by atoms with Crippen molar-refractivity contribution in [2.24, 2.45) is 0 Å². The third-order valence-corrected chi connectivity index (χ3v) is 1.97. The highest BCUT2D eigenvalue weighted by atomic mass is 35.5. The van der Waals surface area contributed by atoms with Crippen molar-refractivity contribution in [3.63, 3.8) is 0 Å². The minimum atomic E-state index is -1.21. The Morgan fingerprint density at radius 1 is 1.43 bits per heavy atom. The molecule has 1 aromatic carbocycles. The van der Waals surface area contributed by atoms with E-state index in [1.807, 2.05) is 0 Å². The number of hydrogen-bond acceptors (Lipinski definition) is 1. The number of rotatable bonds is 3. The van der Waals surface area contributed by atoms with E-state index in [0.717, 1.165) is 6.07 Å². The molecule has 0 amide bonds. The standard InChI is InChI=1S/C9H7ClF2O2/c10-4-5-1-6(3-8(13)14)9(12)7(11)2-5/h1-2H,3-4H2,(H,13,14). The van der Waals surface area contributed by atoms with E-state index in [1.165, 1.54) is 6.07 Å². The lowest BCUT2D eigenvalue weighted by Crippen LogP contribution is -2.05. The lowest BCUT2D eigenvalue weighted by atomic mass is 10.1. The predicted molar refractivity (Wildman–Crippen MR) is 47.3 cm³/mol. The molecule has 14 heavy (non-hydrogen) atoms. The number of aliphatic carboxylic acids is 1. The van der Waals surface area contributed by atoms with Crippen LogP contribution in [-0.2, 0) is 17.1 Å². The van der Waals surface area contributed by atoms with Crippen molar-refractivity contribution in [2.75, 3.05) is 0 Å². The van der Waals surface area contributed by atoms with Gasteiger partial charge in [-0.05, 0) is 11.6 Å². The molecule has 76 valence electrons. The molecule has 0 unspecified atom stereocenters. The second kappa shape index (κ2) is 4.37. The van der Waals surface area contributed by atoms with Gasteiger partial charge in [0.05, 0.1) is 6.42 Å². The van der Waals surface area contributed by atoms with Crippen molar-refractivity contribution in [3.8, 4) is 0 Å². The van der Waals surface area contributed by atoms with Crippen LogP contribution in [0.1, 0.15) is 11.1 Å². The molecule has 0 aromatic heterocycles. The van der Waals surface area contributed by atoms with Crippen molar-refractivity contribution in [2.45, 2.75) is 12.3 Å². The van der Waals surface area contributed by atoms with Crippen LogP contribution in [0.25, 0.3) is 0 Å². The summed E-state index contributed by atoms with van der Waals surface area (Å²) >= 11 is 5.42. The van der Waals surface area contributed by atoms with E-state index in [4.69, 9.17) is 16.7 Å². The number of carbonyl (C=O) groups is 1. The fourth-order valence-corrected chi connectivity index (χ4v) is 1.23. The zero-order valence-electron chi connectivity index (χ0n) is 7.06. The van der Waals surface area contributed by atoms with Gasteiger partial charge in [0.25, 0.3) is 0 Å². The van der Waals surface area contributed by atoms with E-state index in [1.54, 1.807) is 0 Å². The van der Waals surface area contributed by atoms with Crippen LogP contribution in [0.5, 0.6) is 0 Å². The van der Waals surface area contributed by atoms with Gasteiger partial charge < -0.3 is 5.11 Å². The first-order valence-corrected chi connectivity index (χ1v) is 4.32. The maximum absolute atomic E-state index is 13.0. The quantitative estimate of drug-likeness (QED) is 0.794. The molecule has 0 radical (unpaired) electrons. The van der Waals surface area contributed by atoms with Gasteiger partial charge >= 0.3 is 5.97 Å². The number of halogens is 3. The van der Waals surface area contributed by atoms with Crippen molar-refractivity contribution in [1.29, 1.82) is 0 Å². The van der Waals surface area contributed by atoms with Crippen molar-refractivity contribution in [3.05, 3.63) is 34.9 Å². The Labute approximate surface area is 84.1 Å². The third kappa shape index (κ3) is 2.42. The van der Waals surface area contributed by atoms with Crippen LogP contribution in [0, 0.1) is 11.6 Å². The van der Waals surface area contributed by atoms with E-state index < -0.39 is 24.0 Å². The highest BCUT2D eigenvalue weighted by Crippen LogP contribution is 2.17. The average Bonchev–Trinajstić information content (AvgIpc) is 2.11. The maximum Gasteiger partial charge on any atom is 0.307 e. The van der Waals surface area contributed by atoms with Crippen molar-refractivity contribution < 1.29 is 18.7 Å². The Morgan fingerprint density at radius 2 is 2.07 bits per heavy atom. The molecule has 0 saturated heterocycles. The summed E-state index contributed by atoms with van der Waals surface area (Å²) in [5, 5.41) is 8.42. The number of carboxylic acid groups (broad SMARTS) is 1. The van der Waals surface area contributed by atoms with Gasteiger partial charge in [-0.1, -0.05) is 6.07 Å². The number of hydrogen-bond donors (Lipinski definition) is 1. The monoisotopic (exact) mass is 220 g/mol. The van der Waals surface area contributed by atoms with Gasteiger partial charge in [-0.3, -0.25) is 4.79 Å². The Balaban J connectivity index is 3.13. The minimum absolute atomic E-state index is 0.0177. The number of benzene rings is 1. The fourth-order valence-electron chi connectivity index (χ4n) is 1.08. The summed E-state index contributed by atoms with van der Waals surface area (Å²) in [6, 6.07) is 2.20. The molecule has 0 aliphatic rings. The summed E-state index contributed by atoms with van der Waals surface area (Å²) in [5.41, 5.74) is 0.176. The third-order valence-electron chi connectivity index (χ3n) is 1.66. The molecule has 0 spiro atoms. The first-order valence-electron chi connectivity index (χ1n) is 3.79. The Kier molecular flexibility index (Phi) is 3.41. The topological polar surface area (TPSA) is 37.3 Å². The van der Waals surface area contributed by atoms with E-state index in [9.17, 15) is 13.6 Å². The number of alkyl halides is 1. The lowest BCUT2D eigenvalue weighted by Gasteiger charge is -2.03. The summed E-state index contributed by atoms with van der Waals surface area (Å²) in [4.78, 5) is 10.3. The normalized spacial score (nSPS) is 10.2. The van der Waals surface area contributed by atoms with E-state index in [2.05, 4.69) is 0 Å². The summed E-state index contributed by atoms with van der Waals surface area (Å²) < 4.78 is 25.8. The van der Waals surface area contributed by atoms with E-state index in [0.29, 0.717) is 5.56 Å². The largest absolute Gasteiger partial charge is 0.481 e. The molecular formula is C9H7ClF2O2. The molecule has 2 nitrogen and oxygen atoms in total. The van der Waals surface area contributed by atoms with Crippen LogP contribution in [0.2, 0.25) is 0 Å². The second-order valence-corrected chi connectivity index (χ2v) is 3.02. The van der Waals surface area contributed by atoms with Gasteiger partial charge in [-0.15, -0.1) is 11.6 Å². The Morgan fingerprint density at radius 3 is 2.57 bits per heavy atom. The highest BCUT2D eigenvalue weighted by molar-refractivity contribution is 6.17. The van der Waals surface area contributed by atoms with Crippen LogP contribution in [0.15, 0.2) is 12.1 Å². The van der Waals surface area contributed by atoms with Crippen LogP contribution >= 0.6 is 11.6 Å². The van der Waals surface area contributed by atoms with Gasteiger partial charge in [0.1, 0.15) is 0 Å². The number of carboxylic acids is 1. The Bertz CT molecular complexity index is 366. The summed E-state index contributed by atoms with van der Waals surface area (Å²) in [6.45, 7) is 0. The molecule has 1 aromatic rings. The van der Waals surface area contributed by atoms with Gasteiger partial charge in [0.15, 0.2) is 11.6 Å². The second-order valence-electron chi connectivity index (χ2n) is 2.75. The SMILES string of the molecule is O=C(O)Cc1cc(CCl)cc(F)c1F. The Hall–Kier alpha value is -1.16. The van der Waals surface area contributed by atoms with Crippen molar-refractivity contribution >= 4 is 17.6 Å². The van der Waals surface area contributed by atoms with Gasteiger partial charge in [0, 0.05) is 11.4 Å². The maximum atomic E-state index is 13.0. The highest BCUT2D eigenvalue weighted by Gasteiger charge is 2.12. The van der Waals surface area contributed by atoms with Gasteiger partial charge in [0.2, 0.25) is 0 Å². The van der Waals surface area contributed by atoms with Crippen LogP contribution in [0.4, 0.5) is 8.78 Å². The molecule has 0 aliphatic carbocycles. The molecule has 0 fully saturated rings. The minimum Gasteiger partial charge on any atom is -0.481 e. The zero-order valence-corrected chi connectivity index (χ0v) is 7.81. The van der Waals surface area contributed by atoms with Crippen LogP contribution < -0.4 is 0 Å². The van der Waals surface area contributed by atoms with Crippen LogP contribution in [0.3, 0.4) is 0 Å². The summed E-state index contributed by atoms with van der Waals surface area (Å²) in [5.74, 6) is -3.39. The molecular weight excluding hydrogens is 214 g/mol. The van der Waals surface area contributed by atoms with Crippen molar-refractivity contribution in [1.82, 2.24) is 0 Å². The van der Waals surface area contributed by atoms with E-state index >= 15 is 0 Å². The predicted octanol–water partition coefficient (Wildman–Crippen LogP) is 2.33. The first-order chi connectivity index (χ1) is 6.54. The lowest BCUT2D eigenvalue weighted by molar-refractivity contribution is -0.136. The van der Waals surface area contributed by atoms with E-state index in [-0.39, 0.29) is 11.4 Å². The molecule has 0 atom stereocenters. The summed E-state index contributed by atoms with van der Waals surface area (Å²) in [7, 11) is 0.